The van der Waals surface area contributed by atoms with Gasteiger partial charge in [-0.05, 0) is 30.9 Å². The van der Waals surface area contributed by atoms with E-state index in [9.17, 15) is 9.90 Å². The summed E-state index contributed by atoms with van der Waals surface area (Å²) in [4.78, 5) is 21.2. The average molecular weight is 276 g/mol. The largest absolute Gasteiger partial charge is 0.481 e. The van der Waals surface area contributed by atoms with E-state index in [1.54, 1.807) is 17.5 Å². The fraction of sp³-hybridized carbons (Fsp3) is 0.500. The summed E-state index contributed by atoms with van der Waals surface area (Å²) in [5, 5.41) is 10.3. The molecule has 5 heteroatoms. The summed E-state index contributed by atoms with van der Waals surface area (Å²) in [6.45, 7) is 2.13. The zero-order chi connectivity index (χ0) is 13.4. The fourth-order valence-corrected chi connectivity index (χ4v) is 4.05. The number of carboxylic acid groups (broad SMARTS) is 1. The molecule has 0 bridgehead atoms. The molecule has 100 valence electrons. The lowest BCUT2D eigenvalue weighted by Crippen LogP contribution is -2.16. The Morgan fingerprint density at radius 3 is 3.05 bits per heavy atom. The smallest absolute Gasteiger partial charge is 0.307 e. The third-order valence-electron chi connectivity index (χ3n) is 4.05. The van der Waals surface area contributed by atoms with Gasteiger partial charge in [0.2, 0.25) is 0 Å². The zero-order valence-electron chi connectivity index (χ0n) is 10.7. The van der Waals surface area contributed by atoms with Gasteiger partial charge in [0, 0.05) is 12.1 Å². The van der Waals surface area contributed by atoms with Crippen LogP contribution in [0.3, 0.4) is 0 Å². The molecule has 2 aromatic rings. The molecule has 0 spiro atoms. The predicted molar refractivity (Wildman–Crippen MR) is 74.3 cm³/mol. The summed E-state index contributed by atoms with van der Waals surface area (Å²) in [7, 11) is 0. The molecule has 0 aromatic carbocycles. The van der Waals surface area contributed by atoms with Crippen LogP contribution in [-0.4, -0.2) is 21.0 Å². The summed E-state index contributed by atoms with van der Waals surface area (Å²) in [5.74, 6) is -0.411. The van der Waals surface area contributed by atoms with Crippen molar-refractivity contribution < 1.29 is 9.90 Å². The van der Waals surface area contributed by atoms with Gasteiger partial charge in [-0.1, -0.05) is 24.7 Å². The third-order valence-corrected chi connectivity index (χ3v) is 5.17. The van der Waals surface area contributed by atoms with E-state index >= 15 is 0 Å². The first kappa shape index (κ1) is 12.5. The van der Waals surface area contributed by atoms with Crippen molar-refractivity contribution in [1.29, 1.82) is 0 Å². The van der Waals surface area contributed by atoms with Gasteiger partial charge < -0.3 is 5.11 Å². The molecule has 1 aliphatic rings. The lowest BCUT2D eigenvalue weighted by Gasteiger charge is -2.11. The van der Waals surface area contributed by atoms with Gasteiger partial charge in [-0.25, -0.2) is 9.97 Å². The first-order chi connectivity index (χ1) is 9.19. The monoisotopic (exact) mass is 276 g/mol. The molecule has 3 unspecified atom stereocenters. The minimum Gasteiger partial charge on any atom is -0.481 e. The van der Waals surface area contributed by atoms with Crippen LogP contribution < -0.4 is 0 Å². The Hall–Kier alpha value is -1.49. The van der Waals surface area contributed by atoms with E-state index in [1.807, 2.05) is 12.1 Å². The topological polar surface area (TPSA) is 63.1 Å². The van der Waals surface area contributed by atoms with Crippen LogP contribution in [-0.2, 0) is 4.79 Å². The van der Waals surface area contributed by atoms with E-state index in [0.29, 0.717) is 5.92 Å². The molecule has 3 atom stereocenters. The molecule has 2 heterocycles. The fourth-order valence-electron chi connectivity index (χ4n) is 2.97. The van der Waals surface area contributed by atoms with Crippen molar-refractivity contribution in [2.24, 2.45) is 11.8 Å². The van der Waals surface area contributed by atoms with Gasteiger partial charge in [0.15, 0.2) is 0 Å². The molecule has 0 saturated heterocycles. The molecule has 3 rings (SSSR count). The van der Waals surface area contributed by atoms with Gasteiger partial charge in [-0.15, -0.1) is 0 Å². The first-order valence-electron chi connectivity index (χ1n) is 6.63. The molecule has 1 fully saturated rings. The lowest BCUT2D eigenvalue weighted by molar-refractivity contribution is -0.142. The number of hydrogen-bond donors (Lipinski definition) is 1. The molecule has 2 aromatic heterocycles. The first-order valence-corrected chi connectivity index (χ1v) is 7.45. The zero-order valence-corrected chi connectivity index (χ0v) is 11.6. The quantitative estimate of drug-likeness (QED) is 0.934. The Bertz CT molecular complexity index is 577. The van der Waals surface area contributed by atoms with E-state index in [1.165, 1.54) is 0 Å². The standard InChI is InChI=1S/C14H16N2O2S/c1-2-8-6-9(10(7-8)14(17)18)12-16-11-4-3-5-15-13(11)19-12/h3-5,8-10H,2,6-7H2,1H3,(H,17,18). The highest BCUT2D eigenvalue weighted by atomic mass is 32.1. The van der Waals surface area contributed by atoms with Crippen molar-refractivity contribution in [2.75, 3.05) is 0 Å². The van der Waals surface area contributed by atoms with E-state index in [0.717, 1.165) is 34.6 Å². The van der Waals surface area contributed by atoms with Crippen LogP contribution in [0.25, 0.3) is 10.3 Å². The van der Waals surface area contributed by atoms with E-state index in [-0.39, 0.29) is 11.8 Å². The molecular formula is C14H16N2O2S. The summed E-state index contributed by atoms with van der Waals surface area (Å²) in [6, 6.07) is 3.80. The second-order valence-electron chi connectivity index (χ2n) is 5.18. The van der Waals surface area contributed by atoms with E-state index in [2.05, 4.69) is 16.9 Å². The van der Waals surface area contributed by atoms with Crippen molar-refractivity contribution in [3.63, 3.8) is 0 Å². The van der Waals surface area contributed by atoms with Crippen molar-refractivity contribution in [3.05, 3.63) is 23.3 Å². The third kappa shape index (κ3) is 2.23. The Balaban J connectivity index is 1.97. The average Bonchev–Trinajstić information content (AvgIpc) is 3.02. The number of carboxylic acids is 1. The number of rotatable bonds is 3. The Kier molecular flexibility index (Phi) is 3.22. The van der Waals surface area contributed by atoms with E-state index < -0.39 is 5.97 Å². The number of aliphatic carboxylic acids is 1. The predicted octanol–water partition coefficient (Wildman–Crippen LogP) is 3.30. The SMILES string of the molecule is CCC1CC(C(=O)O)C(c2nc3cccnc3s2)C1. The van der Waals surface area contributed by atoms with E-state index in [4.69, 9.17) is 0 Å². The summed E-state index contributed by atoms with van der Waals surface area (Å²) in [5.41, 5.74) is 0.881. The van der Waals surface area contributed by atoms with Crippen LogP contribution in [0.1, 0.15) is 37.1 Å². The number of nitrogens with zero attached hydrogens (tertiary/aromatic N) is 2. The molecule has 1 aliphatic carbocycles. The summed E-state index contributed by atoms with van der Waals surface area (Å²) < 4.78 is 0. The second-order valence-corrected chi connectivity index (χ2v) is 6.19. The lowest BCUT2D eigenvalue weighted by atomic mass is 9.97. The highest BCUT2D eigenvalue weighted by molar-refractivity contribution is 7.18. The normalized spacial score (nSPS) is 26.9. The Morgan fingerprint density at radius 2 is 2.37 bits per heavy atom. The molecule has 0 radical (unpaired) electrons. The molecule has 1 saturated carbocycles. The van der Waals surface area contributed by atoms with Gasteiger partial charge in [0.05, 0.1) is 10.9 Å². The molecule has 0 amide bonds. The molecule has 0 aliphatic heterocycles. The molecule has 19 heavy (non-hydrogen) atoms. The Labute approximate surface area is 115 Å². The van der Waals surface area contributed by atoms with Gasteiger partial charge in [0.25, 0.3) is 0 Å². The van der Waals surface area contributed by atoms with Crippen LogP contribution in [0.2, 0.25) is 0 Å². The van der Waals surface area contributed by atoms with Gasteiger partial charge >= 0.3 is 5.97 Å². The summed E-state index contributed by atoms with van der Waals surface area (Å²) in [6.07, 6.45) is 4.51. The maximum Gasteiger partial charge on any atom is 0.307 e. The van der Waals surface area contributed by atoms with Crippen molar-refractivity contribution in [1.82, 2.24) is 9.97 Å². The number of fused-ring (bicyclic) bond motifs is 1. The van der Waals surface area contributed by atoms with Crippen molar-refractivity contribution >= 4 is 27.7 Å². The van der Waals surface area contributed by atoms with Gasteiger partial charge in [0.1, 0.15) is 10.3 Å². The highest BCUT2D eigenvalue weighted by Gasteiger charge is 2.40. The van der Waals surface area contributed by atoms with Gasteiger partial charge in [-0.2, -0.15) is 0 Å². The maximum atomic E-state index is 11.4. The summed E-state index contributed by atoms with van der Waals surface area (Å²) >= 11 is 1.54. The minimum atomic E-state index is -0.687. The minimum absolute atomic E-state index is 0.0571. The number of thiazole rings is 1. The number of carbonyl (C=O) groups is 1. The number of aromatic nitrogens is 2. The van der Waals surface area contributed by atoms with Crippen LogP contribution in [0.15, 0.2) is 18.3 Å². The van der Waals surface area contributed by atoms with Crippen molar-refractivity contribution in [2.45, 2.75) is 32.1 Å². The number of pyridine rings is 1. The van der Waals surface area contributed by atoms with Crippen LogP contribution in [0, 0.1) is 11.8 Å². The maximum absolute atomic E-state index is 11.4. The second kappa shape index (κ2) is 4.89. The molecular weight excluding hydrogens is 260 g/mol. The molecule has 1 N–H and O–H groups in total. The highest BCUT2D eigenvalue weighted by Crippen LogP contribution is 2.46. The molecule has 4 nitrogen and oxygen atoms in total. The van der Waals surface area contributed by atoms with Crippen LogP contribution in [0.4, 0.5) is 0 Å². The van der Waals surface area contributed by atoms with Crippen LogP contribution >= 0.6 is 11.3 Å². The Morgan fingerprint density at radius 1 is 1.53 bits per heavy atom. The number of hydrogen-bond acceptors (Lipinski definition) is 4. The van der Waals surface area contributed by atoms with Crippen LogP contribution in [0.5, 0.6) is 0 Å². The van der Waals surface area contributed by atoms with Crippen molar-refractivity contribution in [3.8, 4) is 0 Å². The van der Waals surface area contributed by atoms with Gasteiger partial charge in [-0.3, -0.25) is 4.79 Å².